The molecule has 144 valence electrons. The Hall–Kier alpha value is -3.59. The lowest BCUT2D eigenvalue weighted by atomic mass is 10.2. The van der Waals surface area contributed by atoms with E-state index in [1.54, 1.807) is 42.7 Å². The minimum absolute atomic E-state index is 0.00330. The van der Waals surface area contributed by atoms with Gasteiger partial charge in [0.05, 0.1) is 42.6 Å². The summed E-state index contributed by atoms with van der Waals surface area (Å²) < 4.78 is 18.7. The molecule has 0 spiro atoms. The van der Waals surface area contributed by atoms with E-state index in [-0.39, 0.29) is 24.7 Å². The molecular formula is C19H19FN6O2. The van der Waals surface area contributed by atoms with Crippen LogP contribution in [0.5, 0.6) is 0 Å². The van der Waals surface area contributed by atoms with E-state index in [4.69, 9.17) is 15.4 Å². The van der Waals surface area contributed by atoms with E-state index in [2.05, 4.69) is 25.4 Å². The number of hydrogen-bond donors (Lipinski definition) is 3. The lowest BCUT2D eigenvalue weighted by Crippen LogP contribution is -2.09. The van der Waals surface area contributed by atoms with Crippen molar-refractivity contribution in [3.05, 3.63) is 78.0 Å². The number of allylic oxidation sites excluding steroid dienone is 1. The molecule has 0 amide bonds. The Morgan fingerprint density at radius 2 is 2.04 bits per heavy atom. The standard InChI is InChI=1S/C19H19FN6O2/c20-15-4-2-1-3-13(15)10-23-18(17-5-8-28-26-17)9-16(21)19-24-11-14(12-25-19)22-6-7-27/h1-5,8-9,11-12,22,27H,6-7,10,21H2. The maximum Gasteiger partial charge on any atom is 0.175 e. The molecule has 0 radical (unpaired) electrons. The second kappa shape index (κ2) is 9.38. The average molecular weight is 382 g/mol. The molecule has 0 saturated heterocycles. The lowest BCUT2D eigenvalue weighted by Gasteiger charge is -2.05. The number of anilines is 1. The molecule has 0 unspecified atom stereocenters. The van der Waals surface area contributed by atoms with Gasteiger partial charge in [0.25, 0.3) is 0 Å². The topological polar surface area (TPSA) is 122 Å². The van der Waals surface area contributed by atoms with Crippen LogP contribution in [0.1, 0.15) is 17.1 Å². The van der Waals surface area contributed by atoms with Gasteiger partial charge in [0.1, 0.15) is 17.8 Å². The minimum atomic E-state index is -0.336. The molecule has 3 aromatic rings. The van der Waals surface area contributed by atoms with Gasteiger partial charge in [0.15, 0.2) is 5.82 Å². The van der Waals surface area contributed by atoms with Gasteiger partial charge in [0, 0.05) is 18.2 Å². The van der Waals surface area contributed by atoms with Gasteiger partial charge in [-0.2, -0.15) is 0 Å². The summed E-state index contributed by atoms with van der Waals surface area (Å²) in [7, 11) is 0. The number of nitrogens with two attached hydrogens (primary N) is 1. The van der Waals surface area contributed by atoms with E-state index >= 15 is 0 Å². The van der Waals surface area contributed by atoms with Crippen molar-refractivity contribution in [2.75, 3.05) is 18.5 Å². The van der Waals surface area contributed by atoms with Gasteiger partial charge < -0.3 is 20.7 Å². The predicted molar refractivity (Wildman–Crippen MR) is 103 cm³/mol. The first-order chi connectivity index (χ1) is 13.7. The monoisotopic (exact) mass is 382 g/mol. The second-order valence-corrected chi connectivity index (χ2v) is 5.72. The number of nitrogens with zero attached hydrogens (tertiary/aromatic N) is 4. The van der Waals surface area contributed by atoms with Crippen molar-refractivity contribution in [2.45, 2.75) is 6.54 Å². The highest BCUT2D eigenvalue weighted by Crippen LogP contribution is 2.12. The van der Waals surface area contributed by atoms with Crippen LogP contribution in [0.4, 0.5) is 10.1 Å². The Kier molecular flexibility index (Phi) is 6.42. The van der Waals surface area contributed by atoms with Gasteiger partial charge >= 0.3 is 0 Å². The lowest BCUT2D eigenvalue weighted by molar-refractivity contribution is 0.311. The highest BCUT2D eigenvalue weighted by Gasteiger charge is 2.09. The zero-order valence-corrected chi connectivity index (χ0v) is 14.9. The van der Waals surface area contributed by atoms with Crippen LogP contribution in [-0.4, -0.2) is 39.1 Å². The number of aliphatic hydroxyl groups is 1. The quantitative estimate of drug-likeness (QED) is 0.509. The van der Waals surface area contributed by atoms with Crippen LogP contribution in [0, 0.1) is 5.82 Å². The van der Waals surface area contributed by atoms with Gasteiger partial charge in [-0.25, -0.2) is 14.4 Å². The molecule has 0 aliphatic rings. The summed E-state index contributed by atoms with van der Waals surface area (Å²) in [6.45, 7) is 0.514. The SMILES string of the molecule is NC(=CC(=NCc1ccccc1F)c1ccon1)c1ncc(NCCO)cn1. The van der Waals surface area contributed by atoms with Crippen LogP contribution in [-0.2, 0) is 6.54 Å². The van der Waals surface area contributed by atoms with Gasteiger partial charge in [-0.15, -0.1) is 0 Å². The highest BCUT2D eigenvalue weighted by atomic mass is 19.1. The number of aromatic nitrogens is 3. The van der Waals surface area contributed by atoms with Crippen molar-refractivity contribution in [1.29, 1.82) is 0 Å². The van der Waals surface area contributed by atoms with Gasteiger partial charge in [-0.05, 0) is 12.1 Å². The molecule has 2 heterocycles. The summed E-state index contributed by atoms with van der Waals surface area (Å²) in [6.07, 6.45) is 6.10. The molecule has 8 nitrogen and oxygen atoms in total. The molecule has 4 N–H and O–H groups in total. The summed E-state index contributed by atoms with van der Waals surface area (Å²) in [5.41, 5.74) is 8.37. The van der Waals surface area contributed by atoms with Gasteiger partial charge in [-0.3, -0.25) is 4.99 Å². The molecule has 3 rings (SSSR count). The number of aliphatic imine (C=N–C) groups is 1. The summed E-state index contributed by atoms with van der Waals surface area (Å²) in [5.74, 6) is -0.0337. The Morgan fingerprint density at radius 1 is 1.25 bits per heavy atom. The minimum Gasteiger partial charge on any atom is -0.396 e. The zero-order valence-electron chi connectivity index (χ0n) is 14.9. The Morgan fingerprint density at radius 3 is 2.71 bits per heavy atom. The Balaban J connectivity index is 1.84. The first-order valence-corrected chi connectivity index (χ1v) is 8.50. The van der Waals surface area contributed by atoms with Crippen molar-refractivity contribution in [3.8, 4) is 0 Å². The molecular weight excluding hydrogens is 363 g/mol. The third-order valence-electron chi connectivity index (χ3n) is 3.72. The number of rotatable bonds is 8. The second-order valence-electron chi connectivity index (χ2n) is 5.72. The van der Waals surface area contributed by atoms with Crippen molar-refractivity contribution in [1.82, 2.24) is 15.1 Å². The fourth-order valence-electron chi connectivity index (χ4n) is 2.32. The van der Waals surface area contributed by atoms with E-state index < -0.39 is 0 Å². The first-order valence-electron chi connectivity index (χ1n) is 8.50. The van der Waals surface area contributed by atoms with E-state index in [1.807, 2.05) is 0 Å². The van der Waals surface area contributed by atoms with E-state index in [9.17, 15) is 4.39 Å². The Labute approximate surface area is 160 Å². The van der Waals surface area contributed by atoms with Crippen molar-refractivity contribution < 1.29 is 14.0 Å². The van der Waals surface area contributed by atoms with E-state index in [1.165, 1.54) is 12.3 Å². The molecule has 0 aliphatic heterocycles. The predicted octanol–water partition coefficient (Wildman–Crippen LogP) is 2.00. The summed E-state index contributed by atoms with van der Waals surface area (Å²) in [5, 5.41) is 15.6. The van der Waals surface area contributed by atoms with Crippen LogP contribution in [0.2, 0.25) is 0 Å². The fourth-order valence-corrected chi connectivity index (χ4v) is 2.32. The maximum absolute atomic E-state index is 13.9. The Bertz CT molecular complexity index is 955. The normalized spacial score (nSPS) is 12.2. The highest BCUT2D eigenvalue weighted by molar-refractivity contribution is 6.10. The molecule has 28 heavy (non-hydrogen) atoms. The molecule has 2 aromatic heterocycles. The van der Waals surface area contributed by atoms with Crippen LogP contribution in [0.3, 0.4) is 0 Å². The van der Waals surface area contributed by atoms with Crippen molar-refractivity contribution in [3.63, 3.8) is 0 Å². The van der Waals surface area contributed by atoms with Crippen LogP contribution >= 0.6 is 0 Å². The molecule has 0 fully saturated rings. The molecule has 0 atom stereocenters. The maximum atomic E-state index is 13.9. The third-order valence-corrected chi connectivity index (χ3v) is 3.72. The van der Waals surface area contributed by atoms with Crippen LogP contribution in [0.15, 0.2) is 64.6 Å². The number of benzene rings is 1. The number of nitrogens with one attached hydrogen (secondary N) is 1. The smallest absolute Gasteiger partial charge is 0.175 e. The van der Waals surface area contributed by atoms with Crippen LogP contribution < -0.4 is 11.1 Å². The number of halogens is 1. The molecule has 1 aromatic carbocycles. The van der Waals surface area contributed by atoms with E-state index in [0.29, 0.717) is 35.0 Å². The number of hydrogen-bond acceptors (Lipinski definition) is 8. The molecule has 9 heteroatoms. The molecule has 0 saturated carbocycles. The fraction of sp³-hybridized carbons (Fsp3) is 0.158. The van der Waals surface area contributed by atoms with Gasteiger partial charge in [0.2, 0.25) is 0 Å². The summed E-state index contributed by atoms with van der Waals surface area (Å²) >= 11 is 0. The average Bonchev–Trinajstić information content (AvgIpc) is 3.25. The summed E-state index contributed by atoms with van der Waals surface area (Å²) in [4.78, 5) is 12.8. The molecule has 0 aliphatic carbocycles. The molecule has 0 bridgehead atoms. The third kappa shape index (κ3) is 4.98. The van der Waals surface area contributed by atoms with Crippen LogP contribution in [0.25, 0.3) is 5.70 Å². The van der Waals surface area contributed by atoms with Crippen molar-refractivity contribution in [2.24, 2.45) is 10.7 Å². The summed E-state index contributed by atoms with van der Waals surface area (Å²) in [6, 6.07) is 8.04. The van der Waals surface area contributed by atoms with Crippen molar-refractivity contribution >= 4 is 17.1 Å². The van der Waals surface area contributed by atoms with Gasteiger partial charge in [-0.1, -0.05) is 23.4 Å². The first kappa shape index (κ1) is 19.2. The largest absolute Gasteiger partial charge is 0.396 e. The van der Waals surface area contributed by atoms with E-state index in [0.717, 1.165) is 0 Å². The zero-order chi connectivity index (χ0) is 19.8. The number of aliphatic hydroxyl groups excluding tert-OH is 1.